The second-order valence-electron chi connectivity index (χ2n) is 5.25. The minimum atomic E-state index is 0.641. The van der Waals surface area contributed by atoms with Gasteiger partial charge >= 0.3 is 0 Å². The molecule has 3 heteroatoms. The summed E-state index contributed by atoms with van der Waals surface area (Å²) in [5.74, 6) is 0. The lowest BCUT2D eigenvalue weighted by molar-refractivity contribution is -0.512. The molecule has 0 saturated carbocycles. The molecule has 0 heterocycles. The molecule has 0 aromatic heterocycles. The summed E-state index contributed by atoms with van der Waals surface area (Å²) in [6.45, 7) is 5.75. The molecule has 0 aromatic carbocycles. The van der Waals surface area contributed by atoms with E-state index in [0.717, 1.165) is 12.8 Å². The predicted octanol–water partition coefficient (Wildman–Crippen LogP) is 5.59. The molecule has 0 bridgehead atoms. The molecule has 116 valence electrons. The van der Waals surface area contributed by atoms with E-state index in [1.165, 1.54) is 64.2 Å². The third kappa shape index (κ3) is 17.9. The average molecular weight is 274 g/mol. The molecular weight excluding hydrogens is 240 g/mol. The molecule has 0 fully saturated rings. The Morgan fingerprint density at radius 3 is 1.26 bits per heavy atom. The van der Waals surface area contributed by atoms with Crippen molar-refractivity contribution in [2.45, 2.75) is 90.9 Å². The Kier molecular flexibility index (Phi) is 17.8. The number of rotatable bonds is 16. The van der Waals surface area contributed by atoms with E-state index in [4.69, 9.17) is 9.78 Å². The van der Waals surface area contributed by atoms with Crippen LogP contribution >= 0.6 is 0 Å². The van der Waals surface area contributed by atoms with Crippen molar-refractivity contribution in [2.75, 3.05) is 13.2 Å². The minimum Gasteiger partial charge on any atom is -0.206 e. The van der Waals surface area contributed by atoms with Gasteiger partial charge in [-0.05, 0) is 12.8 Å². The fourth-order valence-corrected chi connectivity index (χ4v) is 1.98. The van der Waals surface area contributed by atoms with Crippen LogP contribution in [-0.4, -0.2) is 13.2 Å². The van der Waals surface area contributed by atoms with Crippen molar-refractivity contribution in [3.8, 4) is 0 Å². The maximum absolute atomic E-state index is 4.96. The summed E-state index contributed by atoms with van der Waals surface area (Å²) in [6.07, 6.45) is 15.1. The molecule has 3 nitrogen and oxygen atoms in total. The van der Waals surface area contributed by atoms with Gasteiger partial charge in [-0.1, -0.05) is 83.1 Å². The van der Waals surface area contributed by atoms with E-state index in [1.54, 1.807) is 0 Å². The maximum Gasteiger partial charge on any atom is 0.0853 e. The van der Waals surface area contributed by atoms with Gasteiger partial charge in [-0.15, -0.1) is 0 Å². The first-order valence-electron chi connectivity index (χ1n) is 8.32. The first kappa shape index (κ1) is 18.9. The van der Waals surface area contributed by atoms with Crippen LogP contribution in [0.25, 0.3) is 0 Å². The lowest BCUT2D eigenvalue weighted by Crippen LogP contribution is -2.00. The van der Waals surface area contributed by atoms with Crippen molar-refractivity contribution < 1.29 is 14.8 Å². The lowest BCUT2D eigenvalue weighted by Gasteiger charge is -2.04. The zero-order valence-corrected chi connectivity index (χ0v) is 13.1. The van der Waals surface area contributed by atoms with Gasteiger partial charge in [0.25, 0.3) is 0 Å². The smallest absolute Gasteiger partial charge is 0.0853 e. The second-order valence-corrected chi connectivity index (χ2v) is 5.25. The summed E-state index contributed by atoms with van der Waals surface area (Å²) in [5.41, 5.74) is 0. The highest BCUT2D eigenvalue weighted by atomic mass is 17.5. The molecule has 0 aromatic rings. The lowest BCUT2D eigenvalue weighted by atomic mass is 10.1. The van der Waals surface area contributed by atoms with Gasteiger partial charge in [-0.25, -0.2) is 9.78 Å². The van der Waals surface area contributed by atoms with E-state index in [2.05, 4.69) is 18.9 Å². The minimum absolute atomic E-state index is 0.641. The van der Waals surface area contributed by atoms with Crippen LogP contribution in [0, 0.1) is 0 Å². The van der Waals surface area contributed by atoms with Crippen molar-refractivity contribution in [3.05, 3.63) is 0 Å². The highest BCUT2D eigenvalue weighted by Gasteiger charge is 1.94. The summed E-state index contributed by atoms with van der Waals surface area (Å²) in [6, 6.07) is 0. The van der Waals surface area contributed by atoms with Crippen molar-refractivity contribution >= 4 is 0 Å². The normalized spacial score (nSPS) is 11.1. The fraction of sp³-hybridized carbons (Fsp3) is 1.00. The number of unbranched alkanes of at least 4 members (excludes halogenated alkanes) is 10. The average Bonchev–Trinajstić information content (AvgIpc) is 2.43. The van der Waals surface area contributed by atoms with Crippen LogP contribution in [0.2, 0.25) is 0 Å². The molecule has 0 radical (unpaired) electrons. The summed E-state index contributed by atoms with van der Waals surface area (Å²) >= 11 is 0. The molecule has 0 atom stereocenters. The van der Waals surface area contributed by atoms with Crippen molar-refractivity contribution in [3.63, 3.8) is 0 Å². The van der Waals surface area contributed by atoms with Crippen LogP contribution in [0.4, 0.5) is 0 Å². The number of hydrogen-bond acceptors (Lipinski definition) is 3. The van der Waals surface area contributed by atoms with Crippen LogP contribution in [0.15, 0.2) is 0 Å². The third-order valence-electron chi connectivity index (χ3n) is 3.26. The molecular formula is C16H34O3. The van der Waals surface area contributed by atoms with E-state index in [1.807, 2.05) is 0 Å². The Bertz CT molecular complexity index is 135. The van der Waals surface area contributed by atoms with Gasteiger partial charge in [0.1, 0.15) is 0 Å². The molecule has 0 spiro atoms. The van der Waals surface area contributed by atoms with Gasteiger partial charge in [0.2, 0.25) is 0 Å². The molecule has 0 aliphatic rings. The van der Waals surface area contributed by atoms with E-state index in [0.29, 0.717) is 13.2 Å². The molecule has 0 N–H and O–H groups in total. The number of hydrogen-bond donors (Lipinski definition) is 0. The predicted molar refractivity (Wildman–Crippen MR) is 79.7 cm³/mol. The Hall–Kier alpha value is -0.120. The summed E-state index contributed by atoms with van der Waals surface area (Å²) in [4.78, 5) is 9.93. The summed E-state index contributed by atoms with van der Waals surface area (Å²) in [5, 5.41) is 4.69. The van der Waals surface area contributed by atoms with E-state index in [-0.39, 0.29) is 0 Å². The van der Waals surface area contributed by atoms with Gasteiger partial charge in [0.15, 0.2) is 0 Å². The van der Waals surface area contributed by atoms with Crippen LogP contribution in [0.3, 0.4) is 0 Å². The highest BCUT2D eigenvalue weighted by molar-refractivity contribution is 4.43. The van der Waals surface area contributed by atoms with Gasteiger partial charge in [-0.2, -0.15) is 0 Å². The molecule has 0 rings (SSSR count). The quantitative estimate of drug-likeness (QED) is 0.209. The van der Waals surface area contributed by atoms with Crippen molar-refractivity contribution in [1.29, 1.82) is 0 Å². The van der Waals surface area contributed by atoms with Crippen LogP contribution in [0.5, 0.6) is 0 Å². The Balaban J connectivity index is 2.88. The first-order chi connectivity index (χ1) is 9.41. The van der Waals surface area contributed by atoms with Crippen LogP contribution in [-0.2, 0) is 14.8 Å². The Labute approximate surface area is 119 Å². The second kappa shape index (κ2) is 17.9. The van der Waals surface area contributed by atoms with Crippen LogP contribution < -0.4 is 0 Å². The fourth-order valence-electron chi connectivity index (χ4n) is 1.98. The Morgan fingerprint density at radius 2 is 0.842 bits per heavy atom. The van der Waals surface area contributed by atoms with Crippen molar-refractivity contribution in [1.82, 2.24) is 0 Å². The van der Waals surface area contributed by atoms with Gasteiger partial charge < -0.3 is 0 Å². The molecule has 0 amide bonds. The van der Waals surface area contributed by atoms with Crippen LogP contribution in [0.1, 0.15) is 90.9 Å². The monoisotopic (exact) mass is 274 g/mol. The standard InChI is InChI=1S/C16H34O3/c1-3-5-7-9-11-13-15-17-19-18-16-14-12-10-8-6-4-2/h3-16H2,1-2H3. The van der Waals surface area contributed by atoms with Gasteiger partial charge in [-0.3, -0.25) is 0 Å². The van der Waals surface area contributed by atoms with E-state index < -0.39 is 0 Å². The van der Waals surface area contributed by atoms with E-state index in [9.17, 15) is 0 Å². The largest absolute Gasteiger partial charge is 0.206 e. The zero-order valence-electron chi connectivity index (χ0n) is 13.1. The summed E-state index contributed by atoms with van der Waals surface area (Å²) < 4.78 is 0. The Morgan fingerprint density at radius 1 is 0.474 bits per heavy atom. The molecule has 0 aliphatic carbocycles. The molecule has 19 heavy (non-hydrogen) atoms. The first-order valence-corrected chi connectivity index (χ1v) is 8.32. The zero-order chi connectivity index (χ0) is 14.0. The maximum atomic E-state index is 4.96. The van der Waals surface area contributed by atoms with Gasteiger partial charge in [0.05, 0.1) is 13.2 Å². The molecule has 0 aliphatic heterocycles. The summed E-state index contributed by atoms with van der Waals surface area (Å²) in [7, 11) is 0. The molecule has 0 unspecified atom stereocenters. The van der Waals surface area contributed by atoms with Crippen molar-refractivity contribution in [2.24, 2.45) is 0 Å². The molecule has 0 saturated heterocycles. The highest BCUT2D eigenvalue weighted by Crippen LogP contribution is 2.06. The third-order valence-corrected chi connectivity index (χ3v) is 3.26. The topological polar surface area (TPSA) is 27.7 Å². The SMILES string of the molecule is CCCCCCCCOOOCCCCCCCC. The van der Waals surface area contributed by atoms with E-state index >= 15 is 0 Å². The van der Waals surface area contributed by atoms with Gasteiger partial charge in [0, 0.05) is 0 Å².